The molecule has 0 saturated heterocycles. The molecule has 0 rings (SSSR count). The minimum Gasteiger partial charge on any atom is -0.298 e. The van der Waals surface area contributed by atoms with Gasteiger partial charge in [-0.05, 0) is 12.7 Å². The van der Waals surface area contributed by atoms with E-state index in [0.717, 1.165) is 15.3 Å². The summed E-state index contributed by atoms with van der Waals surface area (Å²) in [5.41, 5.74) is 0. The van der Waals surface area contributed by atoms with Crippen LogP contribution in [0.25, 0.3) is 0 Å². The molecule has 0 aromatic carbocycles. The lowest BCUT2D eigenvalue weighted by Gasteiger charge is -1.95. The number of hydrogen-bond acceptors (Lipinski definition) is 1. The summed E-state index contributed by atoms with van der Waals surface area (Å²) in [6.07, 6.45) is 2.65. The van der Waals surface area contributed by atoms with Crippen molar-refractivity contribution in [3.8, 4) is 0 Å². The van der Waals surface area contributed by atoms with Crippen LogP contribution in [0.1, 0.15) is 20.3 Å². The molecule has 1 unspecified atom stereocenters. The van der Waals surface area contributed by atoms with Crippen LogP contribution in [0, 0.1) is 0 Å². The van der Waals surface area contributed by atoms with E-state index in [-0.39, 0.29) is 0 Å². The van der Waals surface area contributed by atoms with Crippen LogP contribution in [0.15, 0.2) is 0 Å². The standard InChI is InChI=1S/C5H14NP/c1-3-5-7-6-4-2/h6-7H,3-5H2,1-2H3. The highest BCUT2D eigenvalue weighted by Gasteiger charge is 1.76. The Labute approximate surface area is 47.7 Å². The third-order valence-corrected chi connectivity index (χ3v) is 2.03. The number of nitrogens with one attached hydrogen (secondary N) is 1. The molecule has 2 heteroatoms. The van der Waals surface area contributed by atoms with E-state index in [1.807, 2.05) is 0 Å². The van der Waals surface area contributed by atoms with Crippen LogP contribution in [0.4, 0.5) is 0 Å². The lowest BCUT2D eigenvalue weighted by molar-refractivity contribution is 1.00. The van der Waals surface area contributed by atoms with Crippen LogP contribution in [-0.4, -0.2) is 12.7 Å². The summed E-state index contributed by atoms with van der Waals surface area (Å²) in [5.74, 6) is 0. The van der Waals surface area contributed by atoms with Crippen molar-refractivity contribution in [3.05, 3.63) is 0 Å². The second kappa shape index (κ2) is 6.39. The van der Waals surface area contributed by atoms with Crippen molar-refractivity contribution in [1.29, 1.82) is 0 Å². The van der Waals surface area contributed by atoms with Gasteiger partial charge in [0.25, 0.3) is 0 Å². The van der Waals surface area contributed by atoms with Gasteiger partial charge in [0, 0.05) is 0 Å². The van der Waals surface area contributed by atoms with Crippen molar-refractivity contribution in [2.75, 3.05) is 12.7 Å². The summed E-state index contributed by atoms with van der Waals surface area (Å²) in [4.78, 5) is 0. The number of hydrogen-bond donors (Lipinski definition) is 1. The van der Waals surface area contributed by atoms with Gasteiger partial charge in [0.05, 0.1) is 0 Å². The molecular weight excluding hydrogens is 105 g/mol. The molecule has 0 heterocycles. The van der Waals surface area contributed by atoms with Gasteiger partial charge in [0.15, 0.2) is 0 Å². The normalized spacial score (nSPS) is 11.1. The van der Waals surface area contributed by atoms with Crippen LogP contribution in [-0.2, 0) is 0 Å². The molecule has 1 nitrogen and oxygen atoms in total. The van der Waals surface area contributed by atoms with Crippen molar-refractivity contribution in [2.24, 2.45) is 0 Å². The highest BCUT2D eigenvalue weighted by Crippen LogP contribution is 2.02. The van der Waals surface area contributed by atoms with Crippen molar-refractivity contribution < 1.29 is 0 Å². The Balaban J connectivity index is 2.45. The zero-order valence-corrected chi connectivity index (χ0v) is 6.12. The lowest BCUT2D eigenvalue weighted by atomic mass is 10.6. The Morgan fingerprint density at radius 2 is 2.14 bits per heavy atom. The Bertz CT molecular complexity index is 27.3. The van der Waals surface area contributed by atoms with Crippen molar-refractivity contribution in [1.82, 2.24) is 5.09 Å². The van der Waals surface area contributed by atoms with Gasteiger partial charge in [0.1, 0.15) is 0 Å². The maximum Gasteiger partial charge on any atom is -0.00406 e. The summed E-state index contributed by atoms with van der Waals surface area (Å²) >= 11 is 0. The molecule has 0 fully saturated rings. The molecule has 0 aromatic rings. The molecule has 1 N–H and O–H groups in total. The minimum absolute atomic E-state index is 0.982. The van der Waals surface area contributed by atoms with Crippen molar-refractivity contribution >= 4 is 8.73 Å². The average Bonchev–Trinajstić information content (AvgIpc) is 1.69. The fourth-order valence-corrected chi connectivity index (χ4v) is 1.02. The Morgan fingerprint density at radius 3 is 2.57 bits per heavy atom. The first-order valence-corrected chi connectivity index (χ1v) is 4.08. The molecule has 7 heavy (non-hydrogen) atoms. The fraction of sp³-hybridized carbons (Fsp3) is 1.00. The third kappa shape index (κ3) is 6.39. The van der Waals surface area contributed by atoms with Crippen molar-refractivity contribution in [2.45, 2.75) is 20.3 Å². The minimum atomic E-state index is 0.982. The first-order chi connectivity index (χ1) is 3.41. The van der Waals surface area contributed by atoms with E-state index in [1.165, 1.54) is 12.6 Å². The molecule has 0 radical (unpaired) electrons. The van der Waals surface area contributed by atoms with Crippen molar-refractivity contribution in [3.63, 3.8) is 0 Å². The summed E-state index contributed by atoms with van der Waals surface area (Å²) < 4.78 is 0. The molecular formula is C5H14NP. The van der Waals surface area contributed by atoms with Gasteiger partial charge < -0.3 is 0 Å². The van der Waals surface area contributed by atoms with Crippen LogP contribution < -0.4 is 5.09 Å². The molecule has 0 spiro atoms. The predicted octanol–water partition coefficient (Wildman–Crippen LogP) is 1.60. The monoisotopic (exact) mass is 119 g/mol. The first kappa shape index (κ1) is 7.39. The molecule has 0 aliphatic heterocycles. The highest BCUT2D eigenvalue weighted by molar-refractivity contribution is 7.35. The van der Waals surface area contributed by atoms with Gasteiger partial charge in [-0.1, -0.05) is 29.0 Å². The van der Waals surface area contributed by atoms with Gasteiger partial charge >= 0.3 is 0 Å². The first-order valence-electron chi connectivity index (χ1n) is 2.87. The van der Waals surface area contributed by atoms with Crippen LogP contribution in [0.3, 0.4) is 0 Å². The average molecular weight is 119 g/mol. The van der Waals surface area contributed by atoms with E-state index in [9.17, 15) is 0 Å². The molecule has 1 atom stereocenters. The number of rotatable bonds is 4. The van der Waals surface area contributed by atoms with Crippen LogP contribution >= 0.6 is 8.73 Å². The molecule has 44 valence electrons. The highest BCUT2D eigenvalue weighted by atomic mass is 31.1. The molecule has 0 aromatic heterocycles. The van der Waals surface area contributed by atoms with Gasteiger partial charge in [-0.2, -0.15) is 0 Å². The molecule has 0 bridgehead atoms. The summed E-state index contributed by atoms with van der Waals surface area (Å²) in [6.45, 7) is 5.48. The van der Waals surface area contributed by atoms with Crippen LogP contribution in [0.2, 0.25) is 0 Å². The second-order valence-corrected chi connectivity index (χ2v) is 2.66. The summed E-state index contributed by atoms with van der Waals surface area (Å²) in [7, 11) is 0.982. The molecule has 0 aliphatic rings. The smallest absolute Gasteiger partial charge is 0.00406 e. The maximum absolute atomic E-state index is 3.28. The lowest BCUT2D eigenvalue weighted by Crippen LogP contribution is -1.98. The Morgan fingerprint density at radius 1 is 1.43 bits per heavy atom. The van der Waals surface area contributed by atoms with E-state index in [1.54, 1.807) is 0 Å². The second-order valence-electron chi connectivity index (χ2n) is 1.46. The van der Waals surface area contributed by atoms with E-state index in [2.05, 4.69) is 18.9 Å². The van der Waals surface area contributed by atoms with E-state index < -0.39 is 0 Å². The predicted molar refractivity (Wildman–Crippen MR) is 37.1 cm³/mol. The van der Waals surface area contributed by atoms with E-state index in [0.29, 0.717) is 0 Å². The summed E-state index contributed by atoms with van der Waals surface area (Å²) in [5, 5.41) is 3.28. The third-order valence-electron chi connectivity index (χ3n) is 0.677. The van der Waals surface area contributed by atoms with Gasteiger partial charge in [-0.25, -0.2) is 0 Å². The van der Waals surface area contributed by atoms with Gasteiger partial charge in [-0.15, -0.1) is 0 Å². The summed E-state index contributed by atoms with van der Waals surface area (Å²) in [6, 6.07) is 0. The topological polar surface area (TPSA) is 12.0 Å². The Kier molecular flexibility index (Phi) is 6.75. The fourth-order valence-electron chi connectivity index (χ4n) is 0.338. The molecule has 0 saturated carbocycles. The molecule has 0 amide bonds. The van der Waals surface area contributed by atoms with E-state index in [4.69, 9.17) is 0 Å². The van der Waals surface area contributed by atoms with Gasteiger partial charge in [0.2, 0.25) is 0 Å². The zero-order chi connectivity index (χ0) is 5.54. The quantitative estimate of drug-likeness (QED) is 0.438. The molecule has 0 aliphatic carbocycles. The van der Waals surface area contributed by atoms with E-state index >= 15 is 0 Å². The SMILES string of the molecule is CCCPNCC. The van der Waals surface area contributed by atoms with Gasteiger partial charge in [-0.3, -0.25) is 5.09 Å². The zero-order valence-electron chi connectivity index (χ0n) is 5.12. The van der Waals surface area contributed by atoms with Crippen LogP contribution in [0.5, 0.6) is 0 Å². The Hall–Kier alpha value is 0.390. The largest absolute Gasteiger partial charge is 0.298 e. The maximum atomic E-state index is 3.28.